The van der Waals surface area contributed by atoms with Crippen molar-refractivity contribution < 1.29 is 9.59 Å². The lowest BCUT2D eigenvalue weighted by Crippen LogP contribution is -2.47. The maximum atomic E-state index is 12.3. The molecule has 3 rings (SSSR count). The van der Waals surface area contributed by atoms with Crippen molar-refractivity contribution in [1.82, 2.24) is 10.2 Å². The van der Waals surface area contributed by atoms with Gasteiger partial charge in [0.05, 0.1) is 12.6 Å². The minimum atomic E-state index is -0.196. The van der Waals surface area contributed by atoms with Gasteiger partial charge in [0.15, 0.2) is 0 Å². The van der Waals surface area contributed by atoms with E-state index in [1.54, 1.807) is 12.1 Å². The topological polar surface area (TPSA) is 49.4 Å². The van der Waals surface area contributed by atoms with Crippen LogP contribution in [-0.4, -0.2) is 35.3 Å². The van der Waals surface area contributed by atoms with E-state index in [0.29, 0.717) is 11.6 Å². The minimum Gasteiger partial charge on any atom is -0.343 e. The third kappa shape index (κ3) is 2.46. The van der Waals surface area contributed by atoms with Gasteiger partial charge in [-0.05, 0) is 31.4 Å². The van der Waals surface area contributed by atoms with Gasteiger partial charge in [-0.2, -0.15) is 0 Å². The fraction of sp³-hybridized carbons (Fsp3) is 0.375. The Morgan fingerprint density at radius 3 is 2.75 bits per heavy atom. The maximum Gasteiger partial charge on any atom is 0.251 e. The third-order valence-electron chi connectivity index (χ3n) is 4.04. The molecule has 0 radical (unpaired) electrons. The molecule has 104 valence electrons. The summed E-state index contributed by atoms with van der Waals surface area (Å²) in [4.78, 5) is 26.1. The summed E-state index contributed by atoms with van der Waals surface area (Å²) in [5, 5.41) is 2.71. The fourth-order valence-electron chi connectivity index (χ4n) is 3.05. The predicted octanol–water partition coefficient (Wildman–Crippen LogP) is 1.74. The van der Waals surface area contributed by atoms with Gasteiger partial charge >= 0.3 is 0 Å². The summed E-state index contributed by atoms with van der Waals surface area (Å²) in [5.74, 6) is -0.176. The van der Waals surface area contributed by atoms with E-state index in [1.165, 1.54) is 0 Å². The largest absolute Gasteiger partial charge is 0.343 e. The van der Waals surface area contributed by atoms with Crippen LogP contribution in [0.2, 0.25) is 0 Å². The molecule has 2 aliphatic rings. The molecule has 2 heterocycles. The SMILES string of the molecule is O=C(NCC(=O)N1C2C=CCC1CC2)c1ccccc1. The molecule has 20 heavy (non-hydrogen) atoms. The molecule has 0 aliphatic carbocycles. The van der Waals surface area contributed by atoms with Crippen LogP contribution in [0.4, 0.5) is 0 Å². The number of nitrogens with zero attached hydrogens (tertiary/aromatic N) is 1. The Kier molecular flexibility index (Phi) is 3.54. The first-order chi connectivity index (χ1) is 9.75. The molecular weight excluding hydrogens is 252 g/mol. The Labute approximate surface area is 118 Å². The molecule has 0 saturated carbocycles. The summed E-state index contributed by atoms with van der Waals surface area (Å²) in [6.45, 7) is 0.0779. The van der Waals surface area contributed by atoms with Gasteiger partial charge in [0.25, 0.3) is 5.91 Å². The van der Waals surface area contributed by atoms with Crippen LogP contribution >= 0.6 is 0 Å². The van der Waals surface area contributed by atoms with Crippen LogP contribution in [0.3, 0.4) is 0 Å². The second-order valence-electron chi connectivity index (χ2n) is 5.31. The van der Waals surface area contributed by atoms with Crippen LogP contribution in [0.1, 0.15) is 29.6 Å². The van der Waals surface area contributed by atoms with Crippen molar-refractivity contribution in [3.8, 4) is 0 Å². The second kappa shape index (κ2) is 5.49. The average Bonchev–Trinajstić information content (AvgIpc) is 2.75. The zero-order valence-corrected chi connectivity index (χ0v) is 11.3. The average molecular weight is 270 g/mol. The van der Waals surface area contributed by atoms with Gasteiger partial charge in [0, 0.05) is 11.6 Å². The number of carbonyl (C=O) groups is 2. The molecule has 2 aliphatic heterocycles. The molecule has 4 nitrogen and oxygen atoms in total. The number of amides is 2. The van der Waals surface area contributed by atoms with E-state index >= 15 is 0 Å². The second-order valence-corrected chi connectivity index (χ2v) is 5.31. The fourth-order valence-corrected chi connectivity index (χ4v) is 3.05. The number of fused-ring (bicyclic) bond motifs is 2. The van der Waals surface area contributed by atoms with Crippen LogP contribution < -0.4 is 5.32 Å². The van der Waals surface area contributed by atoms with E-state index in [0.717, 1.165) is 19.3 Å². The number of carbonyl (C=O) groups excluding carboxylic acids is 2. The molecule has 1 aromatic rings. The molecule has 2 atom stereocenters. The molecule has 2 amide bonds. The van der Waals surface area contributed by atoms with E-state index in [4.69, 9.17) is 0 Å². The zero-order chi connectivity index (χ0) is 13.9. The lowest BCUT2D eigenvalue weighted by atomic mass is 10.1. The normalized spacial score (nSPS) is 23.7. The third-order valence-corrected chi connectivity index (χ3v) is 4.04. The van der Waals surface area contributed by atoms with Gasteiger partial charge in [-0.3, -0.25) is 9.59 Å². The van der Waals surface area contributed by atoms with Gasteiger partial charge < -0.3 is 10.2 Å². The van der Waals surface area contributed by atoms with Gasteiger partial charge in [0.1, 0.15) is 0 Å². The van der Waals surface area contributed by atoms with Crippen molar-refractivity contribution >= 4 is 11.8 Å². The molecule has 4 heteroatoms. The van der Waals surface area contributed by atoms with Gasteiger partial charge in [-0.15, -0.1) is 0 Å². The van der Waals surface area contributed by atoms with E-state index in [9.17, 15) is 9.59 Å². The Hall–Kier alpha value is -2.10. The number of hydrogen-bond acceptors (Lipinski definition) is 2. The van der Waals surface area contributed by atoms with E-state index in [1.807, 2.05) is 23.1 Å². The van der Waals surface area contributed by atoms with Crippen LogP contribution in [0, 0.1) is 0 Å². The van der Waals surface area contributed by atoms with E-state index in [2.05, 4.69) is 17.5 Å². The van der Waals surface area contributed by atoms with Crippen LogP contribution in [0.5, 0.6) is 0 Å². The van der Waals surface area contributed by atoms with E-state index in [-0.39, 0.29) is 24.4 Å². The lowest BCUT2D eigenvalue weighted by molar-refractivity contribution is -0.132. The Bertz CT molecular complexity index is 539. The van der Waals surface area contributed by atoms with Crippen LogP contribution in [0.25, 0.3) is 0 Å². The summed E-state index contributed by atoms with van der Waals surface area (Å²) in [6.07, 6.45) is 7.32. The molecule has 1 saturated heterocycles. The highest BCUT2D eigenvalue weighted by Crippen LogP contribution is 2.31. The smallest absolute Gasteiger partial charge is 0.251 e. The minimum absolute atomic E-state index is 0.0196. The summed E-state index contributed by atoms with van der Waals surface area (Å²) in [6, 6.07) is 9.53. The first-order valence-corrected chi connectivity index (χ1v) is 7.07. The van der Waals surface area contributed by atoms with Gasteiger partial charge in [-0.1, -0.05) is 30.4 Å². The van der Waals surface area contributed by atoms with Crippen molar-refractivity contribution in [2.45, 2.75) is 31.3 Å². The van der Waals surface area contributed by atoms with Gasteiger partial charge in [0.2, 0.25) is 5.91 Å². The first-order valence-electron chi connectivity index (χ1n) is 7.07. The molecule has 1 aromatic carbocycles. The maximum absolute atomic E-state index is 12.3. The summed E-state index contributed by atoms with van der Waals surface area (Å²) < 4.78 is 0. The quantitative estimate of drug-likeness (QED) is 0.850. The summed E-state index contributed by atoms with van der Waals surface area (Å²) >= 11 is 0. The monoisotopic (exact) mass is 270 g/mol. The molecular formula is C16H18N2O2. The van der Waals surface area contributed by atoms with Crippen molar-refractivity contribution in [2.75, 3.05) is 6.54 Å². The van der Waals surface area contributed by atoms with Crippen molar-refractivity contribution in [1.29, 1.82) is 0 Å². The summed E-state index contributed by atoms with van der Waals surface area (Å²) in [5.41, 5.74) is 0.585. The molecule has 2 bridgehead atoms. The van der Waals surface area contributed by atoms with Crippen LogP contribution in [-0.2, 0) is 4.79 Å². The van der Waals surface area contributed by atoms with E-state index < -0.39 is 0 Å². The van der Waals surface area contributed by atoms with Crippen molar-refractivity contribution in [3.05, 3.63) is 48.0 Å². The zero-order valence-electron chi connectivity index (χ0n) is 11.3. The number of hydrogen-bond donors (Lipinski definition) is 1. The lowest BCUT2D eigenvalue weighted by Gasteiger charge is -2.31. The molecule has 0 aromatic heterocycles. The predicted molar refractivity (Wildman–Crippen MR) is 76.2 cm³/mol. The summed E-state index contributed by atoms with van der Waals surface area (Å²) in [7, 11) is 0. The highest BCUT2D eigenvalue weighted by molar-refractivity contribution is 5.96. The molecule has 1 fully saturated rings. The first kappa shape index (κ1) is 12.9. The highest BCUT2D eigenvalue weighted by atomic mass is 16.2. The van der Waals surface area contributed by atoms with Crippen molar-refractivity contribution in [3.63, 3.8) is 0 Å². The highest BCUT2D eigenvalue weighted by Gasteiger charge is 2.36. The Balaban J connectivity index is 1.58. The number of nitrogens with one attached hydrogen (secondary N) is 1. The Morgan fingerprint density at radius 2 is 2.00 bits per heavy atom. The van der Waals surface area contributed by atoms with Crippen LogP contribution in [0.15, 0.2) is 42.5 Å². The Morgan fingerprint density at radius 1 is 1.20 bits per heavy atom. The van der Waals surface area contributed by atoms with Crippen molar-refractivity contribution in [2.24, 2.45) is 0 Å². The van der Waals surface area contributed by atoms with Gasteiger partial charge in [-0.25, -0.2) is 0 Å². The standard InChI is InChI=1S/C16H18N2O2/c19-15(18-13-7-4-8-14(18)10-9-13)11-17-16(20)12-5-2-1-3-6-12/h1-7,13-14H,8-11H2,(H,17,20). The molecule has 2 unspecified atom stereocenters. The molecule has 1 N–H and O–H groups in total. The number of rotatable bonds is 3. The molecule has 0 spiro atoms. The number of benzene rings is 1.